The molecular weight excluding hydrogens is 224 g/mol. The Morgan fingerprint density at radius 1 is 0.769 bits per heavy atom. The Balaban J connectivity index is 2.42. The van der Waals surface area contributed by atoms with Gasteiger partial charge in [0.25, 0.3) is 0 Å². The summed E-state index contributed by atoms with van der Waals surface area (Å²) in [5.41, 5.74) is 0. The van der Waals surface area contributed by atoms with E-state index in [2.05, 4.69) is 46.3 Å². The van der Waals surface area contributed by atoms with Gasteiger partial charge in [0.15, 0.2) is 0 Å². The highest BCUT2D eigenvalue weighted by Gasteiger charge is 1.90. The number of allylic oxidation sites excluding steroid dienone is 6. The Kier molecular flexibility index (Phi) is 5.92. The van der Waals surface area contributed by atoms with Gasteiger partial charge in [0.05, 0.1) is 0 Å². The third-order valence-corrected chi connectivity index (χ3v) is 2.80. The minimum atomic E-state index is 1.15. The zero-order chi connectivity index (χ0) is 9.36. The van der Waals surface area contributed by atoms with Crippen LogP contribution in [0.2, 0.25) is 0 Å². The van der Waals surface area contributed by atoms with Gasteiger partial charge in [0.1, 0.15) is 0 Å². The maximum absolute atomic E-state index is 3.58. The van der Waals surface area contributed by atoms with E-state index in [-0.39, 0.29) is 0 Å². The molecule has 0 heterocycles. The van der Waals surface area contributed by atoms with Crippen LogP contribution in [0.25, 0.3) is 0 Å². The molecule has 0 fully saturated rings. The lowest BCUT2D eigenvalue weighted by atomic mass is 10.1. The molecule has 0 N–H and O–H groups in total. The van der Waals surface area contributed by atoms with Crippen LogP contribution in [0.1, 0.15) is 38.5 Å². The number of halogens is 1. The molecule has 0 aromatic heterocycles. The fourth-order valence-corrected chi connectivity index (χ4v) is 1.78. The van der Waals surface area contributed by atoms with Crippen molar-refractivity contribution in [3.05, 3.63) is 34.9 Å². The van der Waals surface area contributed by atoms with Gasteiger partial charge in [-0.15, -0.1) is 0 Å². The van der Waals surface area contributed by atoms with Crippen molar-refractivity contribution in [1.29, 1.82) is 0 Å². The van der Waals surface area contributed by atoms with E-state index in [1.807, 2.05) is 0 Å². The quantitative estimate of drug-likeness (QED) is 0.538. The number of rotatable bonds is 0. The van der Waals surface area contributed by atoms with E-state index < -0.39 is 0 Å². The molecule has 72 valence electrons. The smallest absolute Gasteiger partial charge is 0.00860 e. The lowest BCUT2D eigenvalue weighted by Gasteiger charge is -1.97. The van der Waals surface area contributed by atoms with E-state index in [4.69, 9.17) is 0 Å². The fourth-order valence-electron chi connectivity index (χ4n) is 1.32. The molecule has 0 unspecified atom stereocenters. The Bertz CT molecular complexity index is 211. The third-order valence-electron chi connectivity index (χ3n) is 2.08. The summed E-state index contributed by atoms with van der Waals surface area (Å²) in [4.78, 5) is 0. The van der Waals surface area contributed by atoms with Crippen LogP contribution in [-0.4, -0.2) is 0 Å². The van der Waals surface area contributed by atoms with E-state index in [0.717, 1.165) is 6.42 Å². The summed E-state index contributed by atoms with van der Waals surface area (Å²) in [6, 6.07) is 0. The molecule has 0 bridgehead atoms. The first-order valence-corrected chi connectivity index (χ1v) is 5.83. The van der Waals surface area contributed by atoms with Gasteiger partial charge in [0, 0.05) is 0 Å². The van der Waals surface area contributed by atoms with Crippen LogP contribution in [0, 0.1) is 0 Å². The van der Waals surface area contributed by atoms with Crippen molar-refractivity contribution >= 4 is 15.9 Å². The van der Waals surface area contributed by atoms with Crippen LogP contribution in [-0.2, 0) is 0 Å². The average molecular weight is 241 g/mol. The lowest BCUT2D eigenvalue weighted by Crippen LogP contribution is -1.76. The lowest BCUT2D eigenvalue weighted by molar-refractivity contribution is 0.957. The summed E-state index contributed by atoms with van der Waals surface area (Å²) in [7, 11) is 0. The normalized spacial score (nSPS) is 29.2. The molecule has 0 radical (unpaired) electrons. The molecule has 1 aliphatic rings. The monoisotopic (exact) mass is 240 g/mol. The molecule has 0 spiro atoms. The van der Waals surface area contributed by atoms with Gasteiger partial charge >= 0.3 is 0 Å². The van der Waals surface area contributed by atoms with Crippen molar-refractivity contribution in [2.45, 2.75) is 38.5 Å². The first kappa shape index (κ1) is 10.8. The Hall–Kier alpha value is -0.300. The molecule has 0 saturated heterocycles. The van der Waals surface area contributed by atoms with Crippen molar-refractivity contribution in [1.82, 2.24) is 0 Å². The molecule has 0 saturated carbocycles. The Labute approximate surface area is 89.5 Å². The summed E-state index contributed by atoms with van der Waals surface area (Å²) in [6.45, 7) is 0. The van der Waals surface area contributed by atoms with Gasteiger partial charge in [-0.2, -0.15) is 0 Å². The Morgan fingerprint density at radius 3 is 2.00 bits per heavy atom. The van der Waals surface area contributed by atoms with Crippen molar-refractivity contribution in [2.24, 2.45) is 0 Å². The molecule has 0 amide bonds. The highest BCUT2D eigenvalue weighted by atomic mass is 79.9. The summed E-state index contributed by atoms with van der Waals surface area (Å²) in [6.07, 6.45) is 18.5. The van der Waals surface area contributed by atoms with Crippen LogP contribution in [0.15, 0.2) is 34.9 Å². The van der Waals surface area contributed by atoms with Crippen molar-refractivity contribution in [2.75, 3.05) is 0 Å². The summed E-state index contributed by atoms with van der Waals surface area (Å²) in [5.74, 6) is 0. The van der Waals surface area contributed by atoms with Gasteiger partial charge in [0.2, 0.25) is 0 Å². The van der Waals surface area contributed by atoms with Gasteiger partial charge in [-0.1, -0.05) is 46.3 Å². The predicted molar refractivity (Wildman–Crippen MR) is 63.0 cm³/mol. The first-order valence-electron chi connectivity index (χ1n) is 5.04. The average Bonchev–Trinajstić information content (AvgIpc) is 2.11. The predicted octanol–water partition coefficient (Wildman–Crippen LogP) is 4.73. The van der Waals surface area contributed by atoms with Crippen LogP contribution in [0.3, 0.4) is 0 Å². The highest BCUT2D eigenvalue weighted by molar-refractivity contribution is 9.11. The minimum absolute atomic E-state index is 1.15. The molecule has 1 heteroatoms. The highest BCUT2D eigenvalue weighted by Crippen LogP contribution is 2.15. The second kappa shape index (κ2) is 7.14. The second-order valence-corrected chi connectivity index (χ2v) is 4.31. The van der Waals surface area contributed by atoms with E-state index in [9.17, 15) is 0 Å². The summed E-state index contributed by atoms with van der Waals surface area (Å²) < 4.78 is 1.35. The number of hydrogen-bond acceptors (Lipinski definition) is 0. The molecule has 13 heavy (non-hydrogen) atoms. The van der Waals surface area contributed by atoms with E-state index in [1.165, 1.54) is 36.6 Å². The molecule has 0 aromatic carbocycles. The van der Waals surface area contributed by atoms with Crippen LogP contribution >= 0.6 is 15.9 Å². The van der Waals surface area contributed by atoms with Crippen LogP contribution in [0.5, 0.6) is 0 Å². The molecular formula is C12H17Br. The van der Waals surface area contributed by atoms with Crippen molar-refractivity contribution < 1.29 is 0 Å². The summed E-state index contributed by atoms with van der Waals surface area (Å²) in [5, 5.41) is 0. The second-order valence-electron chi connectivity index (χ2n) is 3.29. The van der Waals surface area contributed by atoms with Gasteiger partial charge in [-0.05, 0) is 43.0 Å². The third kappa shape index (κ3) is 5.87. The molecule has 0 atom stereocenters. The van der Waals surface area contributed by atoms with Crippen LogP contribution in [0.4, 0.5) is 0 Å². The Morgan fingerprint density at radius 2 is 1.31 bits per heavy atom. The zero-order valence-electron chi connectivity index (χ0n) is 8.01. The topological polar surface area (TPSA) is 0 Å². The molecule has 1 rings (SSSR count). The van der Waals surface area contributed by atoms with Crippen molar-refractivity contribution in [3.63, 3.8) is 0 Å². The van der Waals surface area contributed by atoms with E-state index in [0.29, 0.717) is 0 Å². The van der Waals surface area contributed by atoms with Crippen molar-refractivity contribution in [3.8, 4) is 0 Å². The molecule has 0 nitrogen and oxygen atoms in total. The van der Waals surface area contributed by atoms with E-state index in [1.54, 1.807) is 0 Å². The maximum Gasteiger partial charge on any atom is -0.00860 e. The van der Waals surface area contributed by atoms with Gasteiger partial charge in [-0.25, -0.2) is 0 Å². The first-order chi connectivity index (χ1) is 6.39. The van der Waals surface area contributed by atoms with E-state index >= 15 is 0 Å². The molecule has 1 aliphatic carbocycles. The molecule has 0 aliphatic heterocycles. The standard InChI is InChI=1S/C12H17Br/c13-12-10-8-6-4-2-1-3-5-7-9-11-12/h2,4-5,7,10H,1,3,6,8-9,11H2/b4-2+,7-5-,12-10-. The van der Waals surface area contributed by atoms with Gasteiger partial charge < -0.3 is 0 Å². The van der Waals surface area contributed by atoms with Crippen LogP contribution < -0.4 is 0 Å². The number of hydrogen-bond donors (Lipinski definition) is 0. The maximum atomic E-state index is 3.58. The zero-order valence-corrected chi connectivity index (χ0v) is 9.59. The molecule has 0 aromatic rings. The minimum Gasteiger partial charge on any atom is -0.0882 e. The largest absolute Gasteiger partial charge is 0.0882 e. The van der Waals surface area contributed by atoms with Gasteiger partial charge in [-0.3, -0.25) is 0 Å². The summed E-state index contributed by atoms with van der Waals surface area (Å²) >= 11 is 3.58. The fraction of sp³-hybridized carbons (Fsp3) is 0.500. The SMILES string of the molecule is Br/C1=C\CC/C=C/CC/C=C\CC1.